The summed E-state index contributed by atoms with van der Waals surface area (Å²) in [6.07, 6.45) is 0.662. The molecule has 2 rings (SSSR count). The first-order valence-electron chi connectivity index (χ1n) is 4.37. The van der Waals surface area contributed by atoms with Crippen LogP contribution in [0.15, 0.2) is 18.2 Å². The standard InChI is InChI=1S/C9H10O5S.Na/c10-9(15(11,12)13)7-1-2-8-6(5-7)3-4-14-8;/h1-2,5,9-10H,3-4H2,(H,11,12,13);/q;+1/p-1. The van der Waals surface area contributed by atoms with Crippen molar-refractivity contribution in [1.82, 2.24) is 0 Å². The smallest absolute Gasteiger partial charge is 0.746 e. The number of fused-ring (bicyclic) bond motifs is 1. The third kappa shape index (κ3) is 2.77. The molecule has 0 aromatic heterocycles. The molecule has 7 heteroatoms. The molecule has 0 spiro atoms. The van der Waals surface area contributed by atoms with Crippen molar-refractivity contribution in [1.29, 1.82) is 0 Å². The summed E-state index contributed by atoms with van der Waals surface area (Å²) >= 11 is 0. The topological polar surface area (TPSA) is 86.7 Å². The summed E-state index contributed by atoms with van der Waals surface area (Å²) in [6.45, 7) is 0.541. The summed E-state index contributed by atoms with van der Waals surface area (Å²) in [5.74, 6) is 0.675. The Labute approximate surface area is 115 Å². The van der Waals surface area contributed by atoms with Gasteiger partial charge in [-0.25, -0.2) is 8.42 Å². The van der Waals surface area contributed by atoms with Crippen LogP contribution < -0.4 is 34.3 Å². The average molecular weight is 252 g/mol. The molecule has 16 heavy (non-hydrogen) atoms. The number of ether oxygens (including phenoxy) is 1. The molecule has 0 amide bonds. The van der Waals surface area contributed by atoms with E-state index in [2.05, 4.69) is 0 Å². The molecule has 1 aromatic rings. The second kappa shape index (κ2) is 5.03. The van der Waals surface area contributed by atoms with Gasteiger partial charge in [0, 0.05) is 6.42 Å². The Morgan fingerprint density at radius 1 is 1.44 bits per heavy atom. The van der Waals surface area contributed by atoms with Gasteiger partial charge in [-0.15, -0.1) is 0 Å². The van der Waals surface area contributed by atoms with Gasteiger partial charge in [-0.3, -0.25) is 0 Å². The largest absolute Gasteiger partial charge is 1.00 e. The van der Waals surface area contributed by atoms with Gasteiger partial charge >= 0.3 is 29.6 Å². The van der Waals surface area contributed by atoms with Gasteiger partial charge in [0.2, 0.25) is 0 Å². The van der Waals surface area contributed by atoms with Gasteiger partial charge in [-0.2, -0.15) is 0 Å². The molecule has 0 saturated carbocycles. The molecule has 1 aliphatic rings. The van der Waals surface area contributed by atoms with Crippen molar-refractivity contribution in [2.75, 3.05) is 6.61 Å². The van der Waals surface area contributed by atoms with E-state index >= 15 is 0 Å². The number of hydrogen-bond donors (Lipinski definition) is 1. The van der Waals surface area contributed by atoms with E-state index in [-0.39, 0.29) is 35.1 Å². The summed E-state index contributed by atoms with van der Waals surface area (Å²) in [6, 6.07) is 4.43. The third-order valence-corrected chi connectivity index (χ3v) is 3.09. The van der Waals surface area contributed by atoms with Gasteiger partial charge in [-0.1, -0.05) is 6.07 Å². The number of rotatable bonds is 2. The van der Waals surface area contributed by atoms with Crippen LogP contribution in [0.3, 0.4) is 0 Å². The van der Waals surface area contributed by atoms with Gasteiger partial charge in [-0.05, 0) is 23.3 Å². The Morgan fingerprint density at radius 2 is 2.12 bits per heavy atom. The van der Waals surface area contributed by atoms with Crippen molar-refractivity contribution in [3.8, 4) is 5.75 Å². The zero-order valence-corrected chi connectivity index (χ0v) is 11.5. The van der Waals surface area contributed by atoms with Gasteiger partial charge in [0.25, 0.3) is 0 Å². The molecule has 0 bridgehead atoms. The number of hydrogen-bond acceptors (Lipinski definition) is 5. The molecule has 0 saturated heterocycles. The maximum atomic E-state index is 10.6. The monoisotopic (exact) mass is 252 g/mol. The van der Waals surface area contributed by atoms with Crippen molar-refractivity contribution in [3.05, 3.63) is 29.3 Å². The summed E-state index contributed by atoms with van der Waals surface area (Å²) < 4.78 is 37.0. The quantitative estimate of drug-likeness (QED) is 0.452. The third-order valence-electron chi connectivity index (χ3n) is 2.27. The molecule has 1 aromatic carbocycles. The van der Waals surface area contributed by atoms with Gasteiger partial charge in [0.15, 0.2) is 5.44 Å². The van der Waals surface area contributed by atoms with E-state index in [1.54, 1.807) is 6.07 Å². The molecular weight excluding hydrogens is 243 g/mol. The Balaban J connectivity index is 0.00000128. The molecule has 1 atom stereocenters. The van der Waals surface area contributed by atoms with Crippen LogP contribution in [-0.4, -0.2) is 24.7 Å². The minimum absolute atomic E-state index is 0. The Kier molecular flexibility index (Phi) is 4.39. The Bertz CT molecular complexity index is 485. The van der Waals surface area contributed by atoms with Crippen LogP contribution in [0.1, 0.15) is 16.6 Å². The van der Waals surface area contributed by atoms with Gasteiger partial charge in [0.05, 0.1) is 6.61 Å². The predicted octanol–water partition coefficient (Wildman–Crippen LogP) is -2.84. The molecule has 0 aliphatic carbocycles. The molecule has 0 radical (unpaired) electrons. The van der Waals surface area contributed by atoms with Crippen LogP contribution in [-0.2, 0) is 16.5 Å². The van der Waals surface area contributed by atoms with E-state index in [0.29, 0.717) is 18.8 Å². The van der Waals surface area contributed by atoms with Crippen molar-refractivity contribution < 1.29 is 52.4 Å². The Morgan fingerprint density at radius 3 is 2.75 bits per heavy atom. The fourth-order valence-corrected chi connectivity index (χ4v) is 2.01. The average Bonchev–Trinajstić information content (AvgIpc) is 2.61. The molecular formula is C9H9NaO5S. The predicted molar refractivity (Wildman–Crippen MR) is 50.3 cm³/mol. The number of benzene rings is 1. The fourth-order valence-electron chi connectivity index (χ4n) is 1.53. The van der Waals surface area contributed by atoms with Crippen LogP contribution in [0, 0.1) is 0 Å². The van der Waals surface area contributed by atoms with E-state index in [0.717, 1.165) is 5.56 Å². The summed E-state index contributed by atoms with van der Waals surface area (Å²) in [4.78, 5) is 0. The van der Waals surface area contributed by atoms with Crippen LogP contribution in [0.2, 0.25) is 0 Å². The fraction of sp³-hybridized carbons (Fsp3) is 0.333. The number of aliphatic hydroxyl groups is 1. The first kappa shape index (κ1) is 14.0. The van der Waals surface area contributed by atoms with E-state index in [4.69, 9.17) is 4.74 Å². The van der Waals surface area contributed by atoms with Crippen molar-refractivity contribution in [3.63, 3.8) is 0 Å². The number of aliphatic hydroxyl groups excluding tert-OH is 1. The molecule has 0 fully saturated rings. The van der Waals surface area contributed by atoms with E-state index in [1.165, 1.54) is 12.1 Å². The van der Waals surface area contributed by atoms with Gasteiger partial charge < -0.3 is 14.4 Å². The molecule has 5 nitrogen and oxygen atoms in total. The minimum Gasteiger partial charge on any atom is -0.746 e. The van der Waals surface area contributed by atoms with Crippen LogP contribution >= 0.6 is 0 Å². The van der Waals surface area contributed by atoms with Crippen molar-refractivity contribution in [2.24, 2.45) is 0 Å². The van der Waals surface area contributed by atoms with E-state index in [9.17, 15) is 18.1 Å². The van der Waals surface area contributed by atoms with Crippen molar-refractivity contribution in [2.45, 2.75) is 11.9 Å². The molecule has 1 N–H and O–H groups in total. The maximum absolute atomic E-state index is 10.6. The zero-order valence-electron chi connectivity index (χ0n) is 8.71. The summed E-state index contributed by atoms with van der Waals surface area (Å²) in [5.41, 5.74) is -1.09. The minimum atomic E-state index is -4.71. The normalized spacial score (nSPS) is 15.9. The maximum Gasteiger partial charge on any atom is 1.00 e. The van der Waals surface area contributed by atoms with E-state index < -0.39 is 15.6 Å². The summed E-state index contributed by atoms with van der Waals surface area (Å²) in [5, 5.41) is 9.25. The Hall–Kier alpha value is -0.110. The van der Waals surface area contributed by atoms with Gasteiger partial charge in [0.1, 0.15) is 15.9 Å². The first-order chi connectivity index (χ1) is 6.98. The van der Waals surface area contributed by atoms with E-state index in [1.807, 2.05) is 0 Å². The van der Waals surface area contributed by atoms with Crippen LogP contribution in [0.5, 0.6) is 5.75 Å². The zero-order chi connectivity index (χ0) is 11.1. The second-order valence-corrected chi connectivity index (χ2v) is 4.74. The molecule has 1 aliphatic heterocycles. The second-order valence-electron chi connectivity index (χ2n) is 3.31. The van der Waals surface area contributed by atoms with Crippen LogP contribution in [0.4, 0.5) is 0 Å². The molecule has 82 valence electrons. The molecule has 1 heterocycles. The summed E-state index contributed by atoms with van der Waals surface area (Å²) in [7, 11) is -4.71. The molecule has 1 unspecified atom stereocenters. The first-order valence-corrected chi connectivity index (χ1v) is 5.84. The van der Waals surface area contributed by atoms with Crippen molar-refractivity contribution >= 4 is 10.1 Å². The SMILES string of the molecule is O=S(=O)([O-])C(O)c1ccc2c(c1)CCO2.[Na+]. The van der Waals surface area contributed by atoms with Crippen LogP contribution in [0.25, 0.3) is 0 Å².